The number of carbonyl (C=O) groups excluding carboxylic acids is 4. The highest BCUT2D eigenvalue weighted by Gasteiger charge is 2.30. The van der Waals surface area contributed by atoms with Gasteiger partial charge in [-0.1, -0.05) is 388 Å². The van der Waals surface area contributed by atoms with Crippen LogP contribution >= 0.6 is 15.6 Å². The highest BCUT2D eigenvalue weighted by atomic mass is 31.2. The zero-order chi connectivity index (χ0) is 74.9. The average Bonchev–Trinajstić information content (AvgIpc) is 0.953. The number of ether oxygens (including phenoxy) is 4. The molecule has 0 aromatic heterocycles. The third-order valence-corrected chi connectivity index (χ3v) is 21.4. The van der Waals surface area contributed by atoms with Gasteiger partial charge >= 0.3 is 39.5 Å². The first kappa shape index (κ1) is 100. The Bertz CT molecular complexity index is 1960. The van der Waals surface area contributed by atoms with E-state index in [9.17, 15) is 43.2 Å². The zero-order valence-electron chi connectivity index (χ0n) is 66.9. The van der Waals surface area contributed by atoms with Crippen molar-refractivity contribution in [3.63, 3.8) is 0 Å². The fourth-order valence-electron chi connectivity index (χ4n) is 12.9. The van der Waals surface area contributed by atoms with E-state index < -0.39 is 97.5 Å². The van der Waals surface area contributed by atoms with E-state index >= 15 is 0 Å². The molecule has 0 saturated carbocycles. The first-order chi connectivity index (χ1) is 49.4. The molecule has 0 amide bonds. The first-order valence-electron chi connectivity index (χ1n) is 43.0. The van der Waals surface area contributed by atoms with Crippen molar-refractivity contribution in [2.75, 3.05) is 39.6 Å². The van der Waals surface area contributed by atoms with Crippen molar-refractivity contribution >= 4 is 39.5 Å². The summed E-state index contributed by atoms with van der Waals surface area (Å²) in [5.74, 6) is -0.554. The monoisotopic (exact) mass is 1490 g/mol. The highest BCUT2D eigenvalue weighted by molar-refractivity contribution is 7.47. The van der Waals surface area contributed by atoms with Crippen LogP contribution in [0.3, 0.4) is 0 Å². The number of esters is 4. The molecule has 0 heterocycles. The summed E-state index contributed by atoms with van der Waals surface area (Å²) in [6.45, 7) is 9.62. The van der Waals surface area contributed by atoms with Gasteiger partial charge in [-0.05, 0) is 37.5 Å². The molecule has 3 N–H and O–H groups in total. The average molecular weight is 1490 g/mol. The van der Waals surface area contributed by atoms with Gasteiger partial charge in [-0.2, -0.15) is 0 Å². The summed E-state index contributed by atoms with van der Waals surface area (Å²) in [6, 6.07) is 0. The number of unbranched alkanes of at least 4 members (excludes halogenated alkanes) is 52. The Morgan fingerprint density at radius 1 is 0.265 bits per heavy atom. The Balaban J connectivity index is 5.16. The molecule has 606 valence electrons. The third kappa shape index (κ3) is 76.3. The molecule has 0 aromatic carbocycles. The number of phosphoric acid groups is 2. The van der Waals surface area contributed by atoms with Crippen molar-refractivity contribution in [1.29, 1.82) is 0 Å². The maximum Gasteiger partial charge on any atom is 0.472 e. The van der Waals surface area contributed by atoms with E-state index in [2.05, 4.69) is 41.5 Å². The fourth-order valence-corrected chi connectivity index (χ4v) is 14.5. The van der Waals surface area contributed by atoms with Crippen LogP contribution in [0.1, 0.15) is 440 Å². The maximum atomic E-state index is 13.1. The molecule has 0 spiro atoms. The molecule has 0 aliphatic rings. The molecule has 0 aliphatic carbocycles. The van der Waals surface area contributed by atoms with Gasteiger partial charge in [0, 0.05) is 25.7 Å². The van der Waals surface area contributed by atoms with Crippen LogP contribution in [0, 0.1) is 11.8 Å². The Morgan fingerprint density at radius 2 is 0.451 bits per heavy atom. The summed E-state index contributed by atoms with van der Waals surface area (Å²) in [5.41, 5.74) is 0. The minimum Gasteiger partial charge on any atom is -0.462 e. The Kier molecular flexibility index (Phi) is 73.1. The van der Waals surface area contributed by atoms with E-state index in [4.69, 9.17) is 37.0 Å². The lowest BCUT2D eigenvalue weighted by atomic mass is 10.0. The van der Waals surface area contributed by atoms with Gasteiger partial charge in [0.1, 0.15) is 19.3 Å². The van der Waals surface area contributed by atoms with E-state index in [0.29, 0.717) is 25.7 Å². The van der Waals surface area contributed by atoms with Crippen molar-refractivity contribution in [2.45, 2.75) is 458 Å². The van der Waals surface area contributed by atoms with Gasteiger partial charge in [0.05, 0.1) is 26.4 Å². The molecule has 0 aliphatic heterocycles. The van der Waals surface area contributed by atoms with Crippen LogP contribution in [0.4, 0.5) is 0 Å². The number of phosphoric ester groups is 2. The number of hydrogen-bond donors (Lipinski definition) is 3. The van der Waals surface area contributed by atoms with E-state index in [1.807, 2.05) is 0 Å². The minimum absolute atomic E-state index is 0.105. The summed E-state index contributed by atoms with van der Waals surface area (Å²) in [7, 11) is -9.92. The Labute approximate surface area is 626 Å². The van der Waals surface area contributed by atoms with Crippen molar-refractivity contribution < 1.29 is 80.2 Å². The third-order valence-electron chi connectivity index (χ3n) is 19.5. The van der Waals surface area contributed by atoms with E-state index in [-0.39, 0.29) is 25.7 Å². The molecular weight excluding hydrogens is 1330 g/mol. The number of hydrogen-bond acceptors (Lipinski definition) is 15. The lowest BCUT2D eigenvalue weighted by molar-refractivity contribution is -0.161. The van der Waals surface area contributed by atoms with E-state index in [1.54, 1.807) is 0 Å². The maximum absolute atomic E-state index is 13.1. The standard InChI is InChI=1S/C83H162O17P2/c1-7-9-11-13-15-17-18-19-20-21-22-23-24-28-31-34-37-42-48-54-60-66-81(86)94-72-79(99-82(87)67-61-55-49-43-38-35-32-29-26-25-27-30-33-36-40-45-51-57-63-75(3)4)74-98-102(91,92)96-70-77(84)69-95-101(89,90)97-73-78(71-93-80(85)65-59-53-47-16-14-12-10-8-2)100-83(88)68-62-56-50-44-39-41-46-52-58-64-76(5)6/h75-79,84H,7-74H2,1-6H3,(H,89,90)(H,91,92)/t77-,78+,79+/m0/s1. The molecule has 17 nitrogen and oxygen atoms in total. The van der Waals surface area contributed by atoms with Crippen LogP contribution in [-0.4, -0.2) is 96.7 Å². The normalized spacial score (nSPS) is 13.9. The summed E-state index contributed by atoms with van der Waals surface area (Å²) >= 11 is 0. The van der Waals surface area contributed by atoms with Crippen molar-refractivity contribution in [3.8, 4) is 0 Å². The fraction of sp³-hybridized carbons (Fsp3) is 0.952. The molecule has 0 saturated heterocycles. The quantitative estimate of drug-likeness (QED) is 0.0222. The number of rotatable bonds is 82. The second-order valence-electron chi connectivity index (χ2n) is 30.8. The van der Waals surface area contributed by atoms with Crippen molar-refractivity contribution in [1.82, 2.24) is 0 Å². The van der Waals surface area contributed by atoms with Gasteiger partial charge in [0.25, 0.3) is 0 Å². The number of aliphatic hydroxyl groups excluding tert-OH is 1. The van der Waals surface area contributed by atoms with Gasteiger partial charge < -0.3 is 33.8 Å². The van der Waals surface area contributed by atoms with E-state index in [1.165, 1.54) is 250 Å². The SMILES string of the molecule is CCCCCCCCCCCCCCCCCCCCCCCC(=O)OC[C@H](COP(=O)(O)OC[C@@H](O)COP(=O)(O)OC[C@@H](COC(=O)CCCCCCCCCC)OC(=O)CCCCCCCCCCCC(C)C)OC(=O)CCCCCCCCCCCCCCCCCCCCC(C)C. The van der Waals surface area contributed by atoms with Crippen LogP contribution < -0.4 is 0 Å². The van der Waals surface area contributed by atoms with Crippen molar-refractivity contribution in [3.05, 3.63) is 0 Å². The smallest absolute Gasteiger partial charge is 0.462 e. The second-order valence-corrected chi connectivity index (χ2v) is 33.7. The van der Waals surface area contributed by atoms with Gasteiger partial charge in [-0.3, -0.25) is 37.3 Å². The molecular formula is C83H162O17P2. The van der Waals surface area contributed by atoms with E-state index in [0.717, 1.165) is 108 Å². The first-order valence-corrected chi connectivity index (χ1v) is 46.0. The summed E-state index contributed by atoms with van der Waals surface area (Å²) in [5, 5.41) is 10.6. The molecule has 0 aromatic rings. The lowest BCUT2D eigenvalue weighted by Crippen LogP contribution is -2.30. The van der Waals surface area contributed by atoms with Crippen molar-refractivity contribution in [2.24, 2.45) is 11.8 Å². The van der Waals surface area contributed by atoms with Gasteiger partial charge in [0.2, 0.25) is 0 Å². The predicted molar refractivity (Wildman–Crippen MR) is 418 cm³/mol. The molecule has 102 heavy (non-hydrogen) atoms. The topological polar surface area (TPSA) is 237 Å². The molecule has 5 atom stereocenters. The minimum atomic E-state index is -4.96. The summed E-state index contributed by atoms with van der Waals surface area (Å²) in [6.07, 6.45) is 65.6. The molecule has 0 bridgehead atoms. The molecule has 2 unspecified atom stereocenters. The highest BCUT2D eigenvalue weighted by Crippen LogP contribution is 2.45. The number of aliphatic hydroxyl groups is 1. The van der Waals surface area contributed by atoms with Gasteiger partial charge in [-0.25, -0.2) is 9.13 Å². The zero-order valence-corrected chi connectivity index (χ0v) is 68.7. The molecule has 19 heteroatoms. The predicted octanol–water partition coefficient (Wildman–Crippen LogP) is 25.1. The Hall–Kier alpha value is -1.94. The Morgan fingerprint density at radius 3 is 0.667 bits per heavy atom. The van der Waals surface area contributed by atoms with Crippen LogP contribution in [-0.2, 0) is 65.4 Å². The van der Waals surface area contributed by atoms with Crippen LogP contribution in [0.15, 0.2) is 0 Å². The molecule has 0 radical (unpaired) electrons. The summed E-state index contributed by atoms with van der Waals surface area (Å²) in [4.78, 5) is 72.9. The molecule has 0 rings (SSSR count). The summed E-state index contributed by atoms with van der Waals surface area (Å²) < 4.78 is 68.7. The van der Waals surface area contributed by atoms with Crippen LogP contribution in [0.2, 0.25) is 0 Å². The lowest BCUT2D eigenvalue weighted by Gasteiger charge is -2.21. The van der Waals surface area contributed by atoms with Crippen LogP contribution in [0.25, 0.3) is 0 Å². The largest absolute Gasteiger partial charge is 0.472 e. The molecule has 0 fully saturated rings. The van der Waals surface area contributed by atoms with Gasteiger partial charge in [0.15, 0.2) is 12.2 Å². The van der Waals surface area contributed by atoms with Crippen LogP contribution in [0.5, 0.6) is 0 Å². The van der Waals surface area contributed by atoms with Gasteiger partial charge in [-0.15, -0.1) is 0 Å². The second kappa shape index (κ2) is 74.5. The number of carbonyl (C=O) groups is 4.